The highest BCUT2D eigenvalue weighted by Gasteiger charge is 2.15. The van der Waals surface area contributed by atoms with Crippen molar-refractivity contribution in [3.8, 4) is 0 Å². The van der Waals surface area contributed by atoms with Crippen LogP contribution in [0.2, 0.25) is 0 Å². The van der Waals surface area contributed by atoms with Crippen molar-refractivity contribution >= 4 is 0 Å². The Hall–Kier alpha value is -0.120. The quantitative estimate of drug-likeness (QED) is 0.583. The van der Waals surface area contributed by atoms with Crippen molar-refractivity contribution in [3.63, 3.8) is 0 Å². The molecule has 2 N–H and O–H groups in total. The second-order valence-electron chi connectivity index (χ2n) is 2.31. The van der Waals surface area contributed by atoms with Crippen LogP contribution in [0.1, 0.15) is 19.8 Å². The van der Waals surface area contributed by atoms with Crippen molar-refractivity contribution in [3.05, 3.63) is 0 Å². The van der Waals surface area contributed by atoms with Crippen molar-refractivity contribution in [2.24, 2.45) is 0 Å². The molecule has 0 rings (SSSR count). The molecule has 0 heterocycles. The van der Waals surface area contributed by atoms with Crippen LogP contribution >= 0.6 is 0 Å². The molecule has 10 heavy (non-hydrogen) atoms. The van der Waals surface area contributed by atoms with E-state index in [1.807, 2.05) is 6.92 Å². The molecule has 0 spiro atoms. The van der Waals surface area contributed by atoms with Crippen LogP contribution in [-0.2, 0) is 4.74 Å². The Morgan fingerprint density at radius 2 is 2.10 bits per heavy atom. The molecule has 62 valence electrons. The van der Waals surface area contributed by atoms with Gasteiger partial charge in [-0.05, 0) is 6.42 Å². The Kier molecular flexibility index (Phi) is 5.58. The monoisotopic (exact) mass is 148 g/mol. The number of hydrogen-bond acceptors (Lipinski definition) is 3. The first-order valence-corrected chi connectivity index (χ1v) is 3.58. The summed E-state index contributed by atoms with van der Waals surface area (Å²) in [7, 11) is 1.49. The molecule has 0 saturated heterocycles. The summed E-state index contributed by atoms with van der Waals surface area (Å²) in [4.78, 5) is 0. The lowest BCUT2D eigenvalue weighted by molar-refractivity contribution is -0.0439. The minimum absolute atomic E-state index is 0.113. The molecule has 2 unspecified atom stereocenters. The normalized spacial score (nSPS) is 16.8. The molecule has 0 amide bonds. The van der Waals surface area contributed by atoms with E-state index >= 15 is 0 Å². The van der Waals surface area contributed by atoms with Crippen molar-refractivity contribution in [1.29, 1.82) is 0 Å². The first-order valence-electron chi connectivity index (χ1n) is 3.58. The van der Waals surface area contributed by atoms with Gasteiger partial charge in [-0.15, -0.1) is 0 Å². The largest absolute Gasteiger partial charge is 0.394 e. The van der Waals surface area contributed by atoms with Gasteiger partial charge in [0.15, 0.2) is 0 Å². The summed E-state index contributed by atoms with van der Waals surface area (Å²) in [5.74, 6) is 0. The van der Waals surface area contributed by atoms with E-state index in [9.17, 15) is 5.11 Å². The number of aliphatic hydroxyl groups is 2. The molecule has 3 heteroatoms. The summed E-state index contributed by atoms with van der Waals surface area (Å²) in [6.07, 6.45) is 0.639. The fraction of sp³-hybridized carbons (Fsp3) is 1.00. The van der Waals surface area contributed by atoms with Gasteiger partial charge in [0, 0.05) is 7.11 Å². The Morgan fingerprint density at radius 1 is 1.50 bits per heavy atom. The third kappa shape index (κ3) is 3.15. The van der Waals surface area contributed by atoms with Crippen LogP contribution in [-0.4, -0.2) is 36.1 Å². The first-order chi connectivity index (χ1) is 4.76. The van der Waals surface area contributed by atoms with Crippen LogP contribution in [0.3, 0.4) is 0 Å². The zero-order valence-corrected chi connectivity index (χ0v) is 6.58. The number of hydrogen-bond donors (Lipinski definition) is 2. The zero-order chi connectivity index (χ0) is 7.98. The smallest absolute Gasteiger partial charge is 0.106 e. The van der Waals surface area contributed by atoms with Crippen molar-refractivity contribution < 1.29 is 14.9 Å². The predicted molar refractivity (Wildman–Crippen MR) is 38.8 cm³/mol. The predicted octanol–water partition coefficient (Wildman–Crippen LogP) is 0.155. The molecule has 0 radical (unpaired) electrons. The van der Waals surface area contributed by atoms with Crippen LogP contribution in [0.5, 0.6) is 0 Å². The molecule has 0 aliphatic carbocycles. The molecule has 0 aromatic heterocycles. The fourth-order valence-corrected chi connectivity index (χ4v) is 0.835. The number of ether oxygens (including phenoxy) is 1. The highest BCUT2D eigenvalue weighted by atomic mass is 16.5. The van der Waals surface area contributed by atoms with Crippen LogP contribution in [0.4, 0.5) is 0 Å². The van der Waals surface area contributed by atoms with Crippen LogP contribution in [0, 0.1) is 0 Å². The van der Waals surface area contributed by atoms with Gasteiger partial charge in [0.25, 0.3) is 0 Å². The van der Waals surface area contributed by atoms with Crippen LogP contribution in [0.15, 0.2) is 0 Å². The van der Waals surface area contributed by atoms with Crippen LogP contribution in [0.25, 0.3) is 0 Å². The zero-order valence-electron chi connectivity index (χ0n) is 6.58. The van der Waals surface area contributed by atoms with E-state index in [2.05, 4.69) is 0 Å². The van der Waals surface area contributed by atoms with Gasteiger partial charge in [-0.3, -0.25) is 0 Å². The maximum atomic E-state index is 9.22. The molecule has 0 aromatic carbocycles. The summed E-state index contributed by atoms with van der Waals surface area (Å²) >= 11 is 0. The fourth-order valence-electron chi connectivity index (χ4n) is 0.835. The topological polar surface area (TPSA) is 49.7 Å². The Morgan fingerprint density at radius 3 is 2.40 bits per heavy atom. The van der Waals surface area contributed by atoms with Crippen LogP contribution < -0.4 is 0 Å². The molecule has 0 bridgehead atoms. The molecule has 0 aliphatic rings. The van der Waals surface area contributed by atoms with Crippen molar-refractivity contribution in [2.45, 2.75) is 32.0 Å². The SMILES string of the molecule is CCCC(O)C(CO)OC. The molecular weight excluding hydrogens is 132 g/mol. The molecule has 0 aliphatic heterocycles. The third-order valence-corrected chi connectivity index (χ3v) is 1.50. The highest BCUT2D eigenvalue weighted by molar-refractivity contribution is 4.66. The average Bonchev–Trinajstić information content (AvgIpc) is 1.91. The first kappa shape index (κ1) is 9.88. The van der Waals surface area contributed by atoms with Crippen molar-refractivity contribution in [1.82, 2.24) is 0 Å². The molecule has 3 nitrogen and oxygen atoms in total. The third-order valence-electron chi connectivity index (χ3n) is 1.50. The second-order valence-corrected chi connectivity index (χ2v) is 2.31. The van der Waals surface area contributed by atoms with E-state index < -0.39 is 12.2 Å². The Balaban J connectivity index is 3.53. The standard InChI is InChI=1S/C7H16O3/c1-3-4-6(9)7(5-8)10-2/h6-9H,3-5H2,1-2H3. The summed E-state index contributed by atoms with van der Waals surface area (Å²) in [5.41, 5.74) is 0. The van der Waals surface area contributed by atoms with E-state index in [4.69, 9.17) is 9.84 Å². The number of aliphatic hydroxyl groups excluding tert-OH is 2. The van der Waals surface area contributed by atoms with E-state index in [0.717, 1.165) is 6.42 Å². The Bertz CT molecular complexity index is 71.3. The van der Waals surface area contributed by atoms with Gasteiger partial charge in [0.05, 0.1) is 12.7 Å². The highest BCUT2D eigenvalue weighted by Crippen LogP contribution is 2.03. The summed E-state index contributed by atoms with van der Waals surface area (Å²) < 4.78 is 4.81. The van der Waals surface area contributed by atoms with Gasteiger partial charge in [-0.25, -0.2) is 0 Å². The lowest BCUT2D eigenvalue weighted by Crippen LogP contribution is -2.31. The average molecular weight is 148 g/mol. The second kappa shape index (κ2) is 5.65. The van der Waals surface area contributed by atoms with E-state index in [1.54, 1.807) is 0 Å². The molecule has 2 atom stereocenters. The van der Waals surface area contributed by atoms with Crippen molar-refractivity contribution in [2.75, 3.05) is 13.7 Å². The lowest BCUT2D eigenvalue weighted by Gasteiger charge is -2.18. The summed E-state index contributed by atoms with van der Waals surface area (Å²) in [6.45, 7) is 1.87. The van der Waals surface area contributed by atoms with Gasteiger partial charge < -0.3 is 14.9 Å². The number of methoxy groups -OCH3 is 1. The summed E-state index contributed by atoms with van der Waals surface area (Å²) in [6, 6.07) is 0. The van der Waals surface area contributed by atoms with Gasteiger partial charge >= 0.3 is 0 Å². The van der Waals surface area contributed by atoms with E-state index in [-0.39, 0.29) is 6.61 Å². The molecule has 0 aromatic rings. The summed E-state index contributed by atoms with van der Waals surface area (Å²) in [5, 5.41) is 17.9. The maximum absolute atomic E-state index is 9.22. The van der Waals surface area contributed by atoms with E-state index in [0.29, 0.717) is 6.42 Å². The van der Waals surface area contributed by atoms with E-state index in [1.165, 1.54) is 7.11 Å². The van der Waals surface area contributed by atoms with Gasteiger partial charge in [-0.2, -0.15) is 0 Å². The number of rotatable bonds is 5. The van der Waals surface area contributed by atoms with Gasteiger partial charge in [0.1, 0.15) is 6.10 Å². The van der Waals surface area contributed by atoms with Gasteiger partial charge in [0.2, 0.25) is 0 Å². The lowest BCUT2D eigenvalue weighted by atomic mass is 10.1. The minimum atomic E-state index is -0.528. The Labute approximate surface area is 61.6 Å². The van der Waals surface area contributed by atoms with Gasteiger partial charge in [-0.1, -0.05) is 13.3 Å². The molecule has 0 saturated carbocycles. The molecular formula is C7H16O3. The minimum Gasteiger partial charge on any atom is -0.394 e. The molecule has 0 fully saturated rings. The maximum Gasteiger partial charge on any atom is 0.106 e.